The Hall–Kier alpha value is -2.93. The molecule has 27 heavy (non-hydrogen) atoms. The minimum absolute atomic E-state index is 0.126. The highest BCUT2D eigenvalue weighted by Crippen LogP contribution is 2.26. The van der Waals surface area contributed by atoms with Crippen LogP contribution in [0.1, 0.15) is 36.0 Å². The molecule has 1 fully saturated rings. The second-order valence-electron chi connectivity index (χ2n) is 7.23. The number of aromatic amines is 1. The summed E-state index contributed by atoms with van der Waals surface area (Å²) < 4.78 is 0. The number of nitrogens with one attached hydrogen (secondary N) is 2. The molecule has 1 aliphatic carbocycles. The number of carbonyl (C=O) groups excluding carboxylic acids is 1. The van der Waals surface area contributed by atoms with Crippen molar-refractivity contribution in [2.45, 2.75) is 31.7 Å². The number of nitrogens with two attached hydrogens (primary N) is 1. The smallest absolute Gasteiger partial charge is 0.252 e. The predicted molar refractivity (Wildman–Crippen MR) is 103 cm³/mol. The number of aromatic nitrogens is 3. The number of aromatic hydroxyl groups is 1. The zero-order chi connectivity index (χ0) is 18.8. The van der Waals surface area contributed by atoms with E-state index >= 15 is 0 Å². The zero-order valence-corrected chi connectivity index (χ0v) is 15.0. The number of phenols is 1. The third-order valence-electron chi connectivity index (χ3n) is 5.27. The molecule has 1 aliphatic rings. The van der Waals surface area contributed by atoms with E-state index in [1.165, 1.54) is 0 Å². The van der Waals surface area contributed by atoms with Gasteiger partial charge in [0.05, 0.1) is 22.8 Å². The van der Waals surface area contributed by atoms with E-state index in [-0.39, 0.29) is 11.7 Å². The Labute approximate surface area is 157 Å². The van der Waals surface area contributed by atoms with Crippen LogP contribution >= 0.6 is 0 Å². The lowest BCUT2D eigenvalue weighted by Gasteiger charge is -2.26. The molecule has 1 amide bonds. The van der Waals surface area contributed by atoms with Crippen molar-refractivity contribution in [1.82, 2.24) is 20.5 Å². The average Bonchev–Trinajstić information content (AvgIpc) is 3.16. The molecule has 5 N–H and O–H groups in total. The van der Waals surface area contributed by atoms with Crippen molar-refractivity contribution in [2.75, 3.05) is 6.54 Å². The molecular formula is C20H23N5O2. The fourth-order valence-corrected chi connectivity index (χ4v) is 3.62. The molecule has 7 heteroatoms. The summed E-state index contributed by atoms with van der Waals surface area (Å²) in [5.74, 6) is 0.539. The Kier molecular flexibility index (Phi) is 4.77. The highest BCUT2D eigenvalue weighted by molar-refractivity contribution is 6.06. The Bertz CT molecular complexity index is 943. The number of carbonyl (C=O) groups is 1. The molecule has 7 nitrogen and oxygen atoms in total. The van der Waals surface area contributed by atoms with Gasteiger partial charge in [-0.1, -0.05) is 0 Å². The minimum Gasteiger partial charge on any atom is -0.508 e. The standard InChI is InChI=1S/C20H23N5O2/c21-14-5-1-12(2-6-14)10-22-20(27)16-9-18(13-3-7-15(26)8-4-13)24-19-17(16)11-23-25-19/h3-4,7-9,11-12,14,26H,1-2,5-6,10,21H2,(H,22,27)(H,23,24,25)/t12-,14-. The Morgan fingerprint density at radius 1 is 1.22 bits per heavy atom. The van der Waals surface area contributed by atoms with Crippen LogP contribution in [0.25, 0.3) is 22.3 Å². The molecule has 1 aromatic carbocycles. The zero-order valence-electron chi connectivity index (χ0n) is 15.0. The molecule has 2 heterocycles. The van der Waals surface area contributed by atoms with E-state index in [1.54, 1.807) is 36.5 Å². The third kappa shape index (κ3) is 3.78. The van der Waals surface area contributed by atoms with Crippen LogP contribution in [0.4, 0.5) is 0 Å². The molecular weight excluding hydrogens is 342 g/mol. The first-order valence-corrected chi connectivity index (χ1v) is 9.27. The van der Waals surface area contributed by atoms with E-state index in [4.69, 9.17) is 5.73 Å². The van der Waals surface area contributed by atoms with E-state index in [9.17, 15) is 9.90 Å². The van der Waals surface area contributed by atoms with Gasteiger partial charge in [-0.05, 0) is 61.9 Å². The van der Waals surface area contributed by atoms with E-state index < -0.39 is 0 Å². The van der Waals surface area contributed by atoms with Crippen LogP contribution in [0.3, 0.4) is 0 Å². The van der Waals surface area contributed by atoms with Crippen LogP contribution in [0.2, 0.25) is 0 Å². The Morgan fingerprint density at radius 3 is 2.70 bits per heavy atom. The van der Waals surface area contributed by atoms with Crippen LogP contribution in [-0.2, 0) is 0 Å². The van der Waals surface area contributed by atoms with Crippen molar-refractivity contribution in [3.63, 3.8) is 0 Å². The van der Waals surface area contributed by atoms with Gasteiger partial charge in [0.1, 0.15) is 5.75 Å². The third-order valence-corrected chi connectivity index (χ3v) is 5.27. The van der Waals surface area contributed by atoms with E-state index in [2.05, 4.69) is 20.5 Å². The maximum atomic E-state index is 12.9. The molecule has 0 unspecified atom stereocenters. The molecule has 0 spiro atoms. The molecule has 140 valence electrons. The van der Waals surface area contributed by atoms with Crippen LogP contribution in [0, 0.1) is 5.92 Å². The molecule has 3 aromatic rings. The number of nitrogens with zero attached hydrogens (tertiary/aromatic N) is 2. The summed E-state index contributed by atoms with van der Waals surface area (Å²) >= 11 is 0. The largest absolute Gasteiger partial charge is 0.508 e. The van der Waals surface area contributed by atoms with Gasteiger partial charge in [0.15, 0.2) is 5.65 Å². The van der Waals surface area contributed by atoms with Gasteiger partial charge in [0, 0.05) is 18.2 Å². The number of hydrogen-bond acceptors (Lipinski definition) is 5. The normalized spacial score (nSPS) is 19.9. The second kappa shape index (κ2) is 7.36. The van der Waals surface area contributed by atoms with Crippen LogP contribution < -0.4 is 11.1 Å². The Morgan fingerprint density at radius 2 is 1.96 bits per heavy atom. The number of fused-ring (bicyclic) bond motifs is 1. The van der Waals surface area contributed by atoms with Crippen molar-refractivity contribution >= 4 is 16.9 Å². The summed E-state index contributed by atoms with van der Waals surface area (Å²) in [6.07, 6.45) is 5.77. The lowest BCUT2D eigenvalue weighted by Crippen LogP contribution is -2.34. The van der Waals surface area contributed by atoms with Crippen molar-refractivity contribution in [3.05, 3.63) is 42.1 Å². The number of hydrogen-bond donors (Lipinski definition) is 4. The Balaban J connectivity index is 1.57. The van der Waals surface area contributed by atoms with E-state index in [0.717, 1.165) is 31.2 Å². The van der Waals surface area contributed by atoms with Crippen molar-refractivity contribution in [1.29, 1.82) is 0 Å². The first-order valence-electron chi connectivity index (χ1n) is 9.27. The highest BCUT2D eigenvalue weighted by Gasteiger charge is 2.20. The van der Waals surface area contributed by atoms with Gasteiger partial charge in [-0.2, -0.15) is 5.10 Å². The predicted octanol–water partition coefficient (Wildman–Crippen LogP) is 2.58. The summed E-state index contributed by atoms with van der Waals surface area (Å²) in [5, 5.41) is 20.1. The number of rotatable bonds is 4. The molecule has 2 aromatic heterocycles. The summed E-state index contributed by atoms with van der Waals surface area (Å²) in [4.78, 5) is 17.4. The second-order valence-corrected chi connectivity index (χ2v) is 7.23. The van der Waals surface area contributed by atoms with Crippen LogP contribution in [0.5, 0.6) is 5.75 Å². The summed E-state index contributed by atoms with van der Waals surface area (Å²) in [7, 11) is 0. The van der Waals surface area contributed by atoms with Gasteiger partial charge in [-0.25, -0.2) is 4.98 Å². The fraction of sp³-hybridized carbons (Fsp3) is 0.350. The average molecular weight is 365 g/mol. The highest BCUT2D eigenvalue weighted by atomic mass is 16.3. The monoisotopic (exact) mass is 365 g/mol. The van der Waals surface area contributed by atoms with Gasteiger partial charge in [0.2, 0.25) is 0 Å². The topological polar surface area (TPSA) is 117 Å². The van der Waals surface area contributed by atoms with Gasteiger partial charge in [0.25, 0.3) is 5.91 Å². The van der Waals surface area contributed by atoms with E-state index in [1.807, 2.05) is 0 Å². The van der Waals surface area contributed by atoms with Gasteiger partial charge in [-0.15, -0.1) is 0 Å². The quantitative estimate of drug-likeness (QED) is 0.567. The molecule has 0 aliphatic heterocycles. The fourth-order valence-electron chi connectivity index (χ4n) is 3.62. The maximum absolute atomic E-state index is 12.9. The number of amides is 1. The van der Waals surface area contributed by atoms with E-state index in [0.29, 0.717) is 40.8 Å². The minimum atomic E-state index is -0.126. The summed E-state index contributed by atoms with van der Waals surface area (Å²) in [6, 6.07) is 8.81. The maximum Gasteiger partial charge on any atom is 0.252 e. The number of H-pyrrole nitrogens is 1. The van der Waals surface area contributed by atoms with Crippen molar-refractivity contribution in [3.8, 4) is 17.0 Å². The summed E-state index contributed by atoms with van der Waals surface area (Å²) in [6.45, 7) is 0.655. The van der Waals surface area contributed by atoms with Crippen molar-refractivity contribution < 1.29 is 9.90 Å². The summed E-state index contributed by atoms with van der Waals surface area (Å²) in [5.41, 5.74) is 8.54. The number of phenolic OH excluding ortho intramolecular Hbond substituents is 1. The lowest BCUT2D eigenvalue weighted by atomic mass is 9.86. The molecule has 0 bridgehead atoms. The molecule has 0 saturated heterocycles. The molecule has 1 saturated carbocycles. The first kappa shape index (κ1) is 17.5. The number of benzene rings is 1. The van der Waals surface area contributed by atoms with Gasteiger partial charge in [-0.3, -0.25) is 9.89 Å². The van der Waals surface area contributed by atoms with Gasteiger partial charge >= 0.3 is 0 Å². The van der Waals surface area contributed by atoms with Gasteiger partial charge < -0.3 is 16.2 Å². The molecule has 4 rings (SSSR count). The first-order chi connectivity index (χ1) is 13.1. The molecule has 0 atom stereocenters. The van der Waals surface area contributed by atoms with Crippen LogP contribution in [-0.4, -0.2) is 38.8 Å². The molecule has 0 radical (unpaired) electrons. The van der Waals surface area contributed by atoms with Crippen LogP contribution in [0.15, 0.2) is 36.5 Å². The number of pyridine rings is 1. The van der Waals surface area contributed by atoms with Crippen molar-refractivity contribution in [2.24, 2.45) is 11.7 Å². The SMILES string of the molecule is N[C@H]1CC[C@H](CNC(=O)c2cc(-c3ccc(O)cc3)nc3[nH]ncc23)CC1. The lowest BCUT2D eigenvalue weighted by molar-refractivity contribution is 0.0944.